The molecule has 0 radical (unpaired) electrons. The van der Waals surface area contributed by atoms with E-state index in [9.17, 15) is 28.6 Å². The standard InChI is InChI=1S/C23H25F2NO5/c24-23(25)12-11-16(14-20(23)27)6-1-3-9-18-15-31-22(30)26(18)13-5-8-17-7-2-4-10-19(17)21(28)29/h2-4,7,9-12,14,18,20,27H,1,5-6,8,13,15H2,(H,28,29)/b9-3+. The minimum absolute atomic E-state index is 0.229. The van der Waals surface area contributed by atoms with Crippen molar-refractivity contribution in [3.05, 3.63) is 71.3 Å². The smallest absolute Gasteiger partial charge is 0.410 e. The van der Waals surface area contributed by atoms with Gasteiger partial charge < -0.3 is 14.9 Å². The van der Waals surface area contributed by atoms with Gasteiger partial charge in [0.25, 0.3) is 5.92 Å². The van der Waals surface area contributed by atoms with Crippen molar-refractivity contribution < 1.29 is 33.3 Å². The molecule has 2 aliphatic rings. The molecule has 6 nitrogen and oxygen atoms in total. The predicted molar refractivity (Wildman–Crippen MR) is 110 cm³/mol. The van der Waals surface area contributed by atoms with Crippen LogP contribution in [0.5, 0.6) is 0 Å². The van der Waals surface area contributed by atoms with Crippen LogP contribution in [0.25, 0.3) is 0 Å². The van der Waals surface area contributed by atoms with Crippen molar-refractivity contribution in [2.75, 3.05) is 13.2 Å². The summed E-state index contributed by atoms with van der Waals surface area (Å²) < 4.78 is 31.6. The third kappa shape index (κ3) is 5.79. The van der Waals surface area contributed by atoms with Gasteiger partial charge in [0.05, 0.1) is 11.6 Å². The van der Waals surface area contributed by atoms with Crippen molar-refractivity contribution in [3.8, 4) is 0 Å². The Morgan fingerprint density at radius 3 is 2.81 bits per heavy atom. The molecule has 0 aromatic heterocycles. The number of aliphatic hydroxyl groups excluding tert-OH is 1. The third-order valence-corrected chi connectivity index (χ3v) is 5.35. The maximum absolute atomic E-state index is 13.2. The van der Waals surface area contributed by atoms with Gasteiger partial charge in [0.15, 0.2) is 0 Å². The van der Waals surface area contributed by atoms with Gasteiger partial charge in [-0.3, -0.25) is 4.90 Å². The molecule has 3 rings (SSSR count). The van der Waals surface area contributed by atoms with Crippen LogP contribution in [-0.2, 0) is 11.2 Å². The van der Waals surface area contributed by atoms with Crippen LogP contribution in [0.4, 0.5) is 13.6 Å². The molecule has 0 bridgehead atoms. The summed E-state index contributed by atoms with van der Waals surface area (Å²) in [5.74, 6) is -4.21. The lowest BCUT2D eigenvalue weighted by atomic mass is 9.98. The van der Waals surface area contributed by atoms with E-state index in [1.165, 1.54) is 6.08 Å². The zero-order valence-corrected chi connectivity index (χ0v) is 16.9. The number of nitrogens with zero attached hydrogens (tertiary/aromatic N) is 1. The molecule has 1 amide bonds. The average molecular weight is 433 g/mol. The number of carbonyl (C=O) groups is 2. The number of amides is 1. The second kappa shape index (κ2) is 9.87. The van der Waals surface area contributed by atoms with Crippen molar-refractivity contribution in [2.24, 2.45) is 0 Å². The van der Waals surface area contributed by atoms with Crippen LogP contribution in [0.15, 0.2) is 60.2 Å². The van der Waals surface area contributed by atoms with Gasteiger partial charge >= 0.3 is 12.1 Å². The second-order valence-corrected chi connectivity index (χ2v) is 7.56. The van der Waals surface area contributed by atoms with Crippen LogP contribution in [0.3, 0.4) is 0 Å². The zero-order valence-electron chi connectivity index (χ0n) is 16.9. The number of cyclic esters (lactones) is 1. The fourth-order valence-corrected chi connectivity index (χ4v) is 3.62. The summed E-state index contributed by atoms with van der Waals surface area (Å²) in [6, 6.07) is 6.56. The van der Waals surface area contributed by atoms with E-state index >= 15 is 0 Å². The monoisotopic (exact) mass is 433 g/mol. The molecule has 1 heterocycles. The first-order valence-corrected chi connectivity index (χ1v) is 10.1. The molecule has 1 aliphatic heterocycles. The number of hydrogen-bond donors (Lipinski definition) is 2. The van der Waals surface area contributed by atoms with E-state index in [2.05, 4.69) is 0 Å². The lowest BCUT2D eigenvalue weighted by Gasteiger charge is -2.21. The number of carboxylic acids is 1. The first-order chi connectivity index (χ1) is 14.8. The molecule has 2 N–H and O–H groups in total. The average Bonchev–Trinajstić information content (AvgIpc) is 3.08. The third-order valence-electron chi connectivity index (χ3n) is 5.35. The van der Waals surface area contributed by atoms with E-state index < -0.39 is 24.1 Å². The van der Waals surface area contributed by atoms with Gasteiger partial charge in [-0.1, -0.05) is 36.4 Å². The number of ether oxygens (including phenoxy) is 1. The minimum atomic E-state index is -3.23. The second-order valence-electron chi connectivity index (χ2n) is 7.56. The van der Waals surface area contributed by atoms with E-state index in [-0.39, 0.29) is 18.2 Å². The number of hydrogen-bond acceptors (Lipinski definition) is 4. The predicted octanol–water partition coefficient (Wildman–Crippen LogP) is 3.97. The van der Waals surface area contributed by atoms with Crippen LogP contribution in [-0.4, -0.2) is 58.4 Å². The highest BCUT2D eigenvalue weighted by molar-refractivity contribution is 5.89. The van der Waals surface area contributed by atoms with E-state index in [0.29, 0.717) is 43.9 Å². The first-order valence-electron chi connectivity index (χ1n) is 10.1. The van der Waals surface area contributed by atoms with Gasteiger partial charge in [0.2, 0.25) is 0 Å². The number of carbonyl (C=O) groups excluding carboxylic acids is 1. The van der Waals surface area contributed by atoms with E-state index in [1.54, 1.807) is 29.2 Å². The van der Waals surface area contributed by atoms with Gasteiger partial charge in [-0.25, -0.2) is 9.59 Å². The SMILES string of the molecule is O=C(O)c1ccccc1CCCN1C(=O)OCC1/C=C/CCC1=CC(O)C(F)(F)C=C1. The Morgan fingerprint density at radius 1 is 1.29 bits per heavy atom. The maximum Gasteiger partial charge on any atom is 0.410 e. The number of aromatic carboxylic acids is 1. The van der Waals surface area contributed by atoms with Crippen molar-refractivity contribution in [1.82, 2.24) is 4.90 Å². The molecule has 1 aromatic rings. The highest BCUT2D eigenvalue weighted by Crippen LogP contribution is 2.28. The Morgan fingerprint density at radius 2 is 2.06 bits per heavy atom. The number of alkyl halides is 2. The molecule has 1 saturated heterocycles. The molecule has 1 aliphatic carbocycles. The topological polar surface area (TPSA) is 87.1 Å². The summed E-state index contributed by atoms with van der Waals surface area (Å²) in [6.07, 6.45) is 6.88. The molecule has 8 heteroatoms. The van der Waals surface area contributed by atoms with Gasteiger partial charge in [-0.2, -0.15) is 8.78 Å². The van der Waals surface area contributed by atoms with E-state index in [0.717, 1.165) is 11.6 Å². The fraction of sp³-hybridized carbons (Fsp3) is 0.391. The summed E-state index contributed by atoms with van der Waals surface area (Å²) in [4.78, 5) is 24.9. The van der Waals surface area contributed by atoms with Crippen molar-refractivity contribution in [1.29, 1.82) is 0 Å². The molecular formula is C23H25F2NO5. The van der Waals surface area contributed by atoms with Gasteiger partial charge in [-0.05, 0) is 55.0 Å². The summed E-state index contributed by atoms with van der Waals surface area (Å²) >= 11 is 0. The summed E-state index contributed by atoms with van der Waals surface area (Å²) in [5, 5.41) is 18.7. The first kappa shape index (κ1) is 22.7. The molecule has 31 heavy (non-hydrogen) atoms. The van der Waals surface area contributed by atoms with E-state index in [4.69, 9.17) is 4.74 Å². The molecule has 2 unspecified atom stereocenters. The van der Waals surface area contributed by atoms with E-state index in [1.807, 2.05) is 12.2 Å². The van der Waals surface area contributed by atoms with Crippen molar-refractivity contribution in [2.45, 2.75) is 43.8 Å². The number of halogens is 2. The number of carboxylic acid groups (broad SMARTS) is 1. The Kier molecular flexibility index (Phi) is 7.22. The van der Waals surface area contributed by atoms with Gasteiger partial charge in [0, 0.05) is 6.54 Å². The molecule has 1 aromatic carbocycles. The lowest BCUT2D eigenvalue weighted by molar-refractivity contribution is -0.0469. The molecule has 0 saturated carbocycles. The number of aliphatic hydroxyl groups is 1. The summed E-state index contributed by atoms with van der Waals surface area (Å²) in [6.45, 7) is 0.658. The quantitative estimate of drug-likeness (QED) is 0.576. The molecular weight excluding hydrogens is 408 g/mol. The molecule has 0 spiro atoms. The van der Waals surface area contributed by atoms with Crippen molar-refractivity contribution >= 4 is 12.1 Å². The Hall–Kier alpha value is -3.00. The minimum Gasteiger partial charge on any atom is -0.478 e. The highest BCUT2D eigenvalue weighted by Gasteiger charge is 2.36. The number of benzene rings is 1. The summed E-state index contributed by atoms with van der Waals surface area (Å²) in [5.41, 5.74) is 1.61. The summed E-state index contributed by atoms with van der Waals surface area (Å²) in [7, 11) is 0. The van der Waals surface area contributed by atoms with Gasteiger partial charge in [-0.15, -0.1) is 0 Å². The largest absolute Gasteiger partial charge is 0.478 e. The number of allylic oxidation sites excluding steroid dienone is 3. The fourth-order valence-electron chi connectivity index (χ4n) is 3.62. The van der Waals surface area contributed by atoms with Gasteiger partial charge in [0.1, 0.15) is 12.7 Å². The zero-order chi connectivity index (χ0) is 22.4. The highest BCUT2D eigenvalue weighted by atomic mass is 19.3. The lowest BCUT2D eigenvalue weighted by Crippen LogP contribution is -2.33. The number of aryl methyl sites for hydroxylation is 1. The maximum atomic E-state index is 13.2. The Bertz CT molecular complexity index is 909. The van der Waals surface area contributed by atoms with Crippen LogP contribution in [0.1, 0.15) is 35.2 Å². The van der Waals surface area contributed by atoms with Crippen LogP contribution >= 0.6 is 0 Å². The van der Waals surface area contributed by atoms with Crippen LogP contribution in [0.2, 0.25) is 0 Å². The Labute approximate surface area is 179 Å². The molecule has 166 valence electrons. The van der Waals surface area contributed by atoms with Crippen LogP contribution < -0.4 is 0 Å². The molecule has 2 atom stereocenters. The van der Waals surface area contributed by atoms with Crippen LogP contribution in [0, 0.1) is 0 Å². The number of rotatable bonds is 9. The molecule has 1 fully saturated rings. The van der Waals surface area contributed by atoms with Crippen molar-refractivity contribution in [3.63, 3.8) is 0 Å². The normalized spacial score (nSPS) is 22.6. The Balaban J connectivity index is 1.49.